The number of hydrogen-bond acceptors (Lipinski definition) is 3. The van der Waals surface area contributed by atoms with Crippen molar-refractivity contribution in [3.63, 3.8) is 0 Å². The number of rotatable bonds is 2. The number of fused-ring (bicyclic) bond motifs is 2. The van der Waals surface area contributed by atoms with Crippen LogP contribution in [0.5, 0.6) is 0 Å². The van der Waals surface area contributed by atoms with Crippen molar-refractivity contribution in [3.8, 4) is 0 Å². The van der Waals surface area contributed by atoms with Crippen LogP contribution in [0.25, 0.3) is 11.1 Å². The lowest BCUT2D eigenvalue weighted by Gasteiger charge is -2.19. The van der Waals surface area contributed by atoms with E-state index in [0.29, 0.717) is 16.7 Å². The number of benzene rings is 2. The van der Waals surface area contributed by atoms with Gasteiger partial charge in [0.1, 0.15) is 0 Å². The second-order valence-electron chi connectivity index (χ2n) is 7.28. The Balaban J connectivity index is 1.71. The van der Waals surface area contributed by atoms with Gasteiger partial charge in [-0.1, -0.05) is 44.2 Å². The number of amides is 1. The monoisotopic (exact) mass is 336 g/mol. The summed E-state index contributed by atoms with van der Waals surface area (Å²) >= 11 is 0. The van der Waals surface area contributed by atoms with Gasteiger partial charge in [-0.15, -0.1) is 0 Å². The molecule has 1 unspecified atom stereocenters. The molecule has 1 aliphatic carbocycles. The first-order valence-corrected chi connectivity index (χ1v) is 8.37. The molecule has 128 valence electrons. The van der Waals surface area contributed by atoms with Crippen LogP contribution >= 0.6 is 0 Å². The zero-order valence-corrected chi connectivity index (χ0v) is 14.5. The van der Waals surface area contributed by atoms with E-state index in [9.17, 15) is 9.59 Å². The predicted octanol–water partition coefficient (Wildman–Crippen LogP) is 3.28. The molecule has 1 N–H and O–H groups in total. The molecule has 4 rings (SSSR count). The van der Waals surface area contributed by atoms with E-state index in [1.165, 1.54) is 10.1 Å². The fraction of sp³-hybridized carbons (Fsp3) is 0.300. The third-order valence-electron chi connectivity index (χ3n) is 5.15. The SMILES string of the molecule is Cn1c(=O)oc2c(C(=O)NC3CC(C)(C)c4ccccc43)cccc21. The van der Waals surface area contributed by atoms with Gasteiger partial charge in [0.2, 0.25) is 0 Å². The lowest BCUT2D eigenvalue weighted by atomic mass is 9.86. The Kier molecular flexibility index (Phi) is 3.35. The van der Waals surface area contributed by atoms with Crippen LogP contribution in [0.2, 0.25) is 0 Å². The van der Waals surface area contributed by atoms with Gasteiger partial charge in [-0.05, 0) is 35.1 Å². The minimum absolute atomic E-state index is 0.0137. The first-order chi connectivity index (χ1) is 11.9. The molecule has 0 fully saturated rings. The molecule has 25 heavy (non-hydrogen) atoms. The first-order valence-electron chi connectivity index (χ1n) is 8.37. The number of para-hydroxylation sites is 1. The molecular weight excluding hydrogens is 316 g/mol. The van der Waals surface area contributed by atoms with Crippen molar-refractivity contribution < 1.29 is 9.21 Å². The van der Waals surface area contributed by atoms with Crippen molar-refractivity contribution in [2.75, 3.05) is 0 Å². The number of carbonyl (C=O) groups excluding carboxylic acids is 1. The van der Waals surface area contributed by atoms with Gasteiger partial charge in [-0.25, -0.2) is 4.79 Å². The third-order valence-corrected chi connectivity index (χ3v) is 5.15. The van der Waals surface area contributed by atoms with Crippen LogP contribution in [0.3, 0.4) is 0 Å². The molecule has 5 nitrogen and oxygen atoms in total. The fourth-order valence-corrected chi connectivity index (χ4v) is 3.84. The Labute approximate surface area is 145 Å². The smallest absolute Gasteiger partial charge is 0.407 e. The van der Waals surface area contributed by atoms with Crippen LogP contribution in [0.15, 0.2) is 51.7 Å². The molecule has 1 heterocycles. The number of aromatic nitrogens is 1. The highest BCUT2D eigenvalue weighted by molar-refractivity contribution is 6.04. The summed E-state index contributed by atoms with van der Waals surface area (Å²) in [6, 6.07) is 13.4. The summed E-state index contributed by atoms with van der Waals surface area (Å²) in [5, 5.41) is 3.12. The summed E-state index contributed by atoms with van der Waals surface area (Å²) in [4.78, 5) is 24.6. The van der Waals surface area contributed by atoms with E-state index in [4.69, 9.17) is 4.42 Å². The molecule has 0 saturated carbocycles. The number of nitrogens with one attached hydrogen (secondary N) is 1. The summed E-state index contributed by atoms with van der Waals surface area (Å²) in [5.41, 5.74) is 3.77. The van der Waals surface area contributed by atoms with Gasteiger partial charge in [-0.2, -0.15) is 0 Å². The number of hydrogen-bond donors (Lipinski definition) is 1. The van der Waals surface area contributed by atoms with Gasteiger partial charge in [-0.3, -0.25) is 9.36 Å². The summed E-state index contributed by atoms with van der Waals surface area (Å²) in [7, 11) is 1.63. The normalized spacial score (nSPS) is 18.3. The Hall–Kier alpha value is -2.82. The molecular formula is C20H20N2O3. The van der Waals surface area contributed by atoms with Gasteiger partial charge in [0.05, 0.1) is 17.1 Å². The van der Waals surface area contributed by atoms with Crippen molar-refractivity contribution in [2.24, 2.45) is 7.05 Å². The van der Waals surface area contributed by atoms with Gasteiger partial charge in [0.25, 0.3) is 5.91 Å². The van der Waals surface area contributed by atoms with Gasteiger partial charge >= 0.3 is 5.76 Å². The van der Waals surface area contributed by atoms with Crippen LogP contribution in [-0.2, 0) is 12.5 Å². The average Bonchev–Trinajstić information content (AvgIpc) is 3.02. The van der Waals surface area contributed by atoms with Crippen molar-refractivity contribution >= 4 is 17.0 Å². The largest absolute Gasteiger partial charge is 0.419 e. The van der Waals surface area contributed by atoms with Crippen LogP contribution in [-0.4, -0.2) is 10.5 Å². The van der Waals surface area contributed by atoms with Crippen molar-refractivity contribution in [3.05, 3.63) is 69.7 Å². The second kappa shape index (κ2) is 5.34. The maximum Gasteiger partial charge on any atom is 0.419 e. The standard InChI is InChI=1S/C20H20N2O3/c1-20(2)11-15(12-7-4-5-9-14(12)20)21-18(23)13-8-6-10-16-17(13)25-19(24)22(16)3/h4-10,15H,11H2,1-3H3,(H,21,23). The van der Waals surface area contributed by atoms with E-state index >= 15 is 0 Å². The Morgan fingerprint density at radius 3 is 2.76 bits per heavy atom. The van der Waals surface area contributed by atoms with Crippen molar-refractivity contribution in [1.29, 1.82) is 0 Å². The summed E-state index contributed by atoms with van der Waals surface area (Å²) in [5.74, 6) is -0.694. The zero-order valence-electron chi connectivity index (χ0n) is 14.5. The van der Waals surface area contributed by atoms with Crippen molar-refractivity contribution in [1.82, 2.24) is 9.88 Å². The molecule has 1 aromatic heterocycles. The highest BCUT2D eigenvalue weighted by atomic mass is 16.4. The van der Waals surface area contributed by atoms with Gasteiger partial charge in [0, 0.05) is 7.05 Å². The van der Waals surface area contributed by atoms with Crippen LogP contribution in [0, 0.1) is 0 Å². The van der Waals surface area contributed by atoms with Crippen LogP contribution < -0.4 is 11.1 Å². The quantitative estimate of drug-likeness (QED) is 0.781. The lowest BCUT2D eigenvalue weighted by molar-refractivity contribution is 0.0935. The first kappa shape index (κ1) is 15.7. The molecule has 2 aromatic carbocycles. The van der Waals surface area contributed by atoms with Crippen LogP contribution in [0.4, 0.5) is 0 Å². The Bertz CT molecular complexity index is 1040. The van der Waals surface area contributed by atoms with Crippen LogP contribution in [0.1, 0.15) is 47.8 Å². The second-order valence-corrected chi connectivity index (χ2v) is 7.28. The number of carbonyl (C=O) groups is 1. The number of oxazole rings is 1. The lowest BCUT2D eigenvalue weighted by Crippen LogP contribution is -2.28. The minimum atomic E-state index is -0.470. The highest BCUT2D eigenvalue weighted by Gasteiger charge is 2.37. The fourth-order valence-electron chi connectivity index (χ4n) is 3.84. The van der Waals surface area contributed by atoms with Gasteiger partial charge in [0.15, 0.2) is 5.58 Å². The molecule has 1 amide bonds. The van der Waals surface area contributed by atoms with E-state index in [1.54, 1.807) is 25.2 Å². The summed E-state index contributed by atoms with van der Waals surface area (Å²) in [6.07, 6.45) is 0.840. The van der Waals surface area contributed by atoms with E-state index in [2.05, 4.69) is 31.3 Å². The van der Waals surface area contributed by atoms with E-state index in [0.717, 1.165) is 12.0 Å². The topological polar surface area (TPSA) is 64.2 Å². The summed E-state index contributed by atoms with van der Waals surface area (Å²) in [6.45, 7) is 4.38. The van der Waals surface area contributed by atoms with Gasteiger partial charge < -0.3 is 9.73 Å². The Morgan fingerprint density at radius 2 is 1.96 bits per heavy atom. The van der Waals surface area contributed by atoms with E-state index in [-0.39, 0.29) is 17.4 Å². The molecule has 0 spiro atoms. The zero-order chi connectivity index (χ0) is 17.8. The molecule has 1 atom stereocenters. The number of aryl methyl sites for hydroxylation is 1. The molecule has 3 aromatic rings. The maximum atomic E-state index is 12.9. The maximum absolute atomic E-state index is 12.9. The molecule has 0 aliphatic heterocycles. The molecule has 5 heteroatoms. The predicted molar refractivity (Wildman–Crippen MR) is 95.7 cm³/mol. The number of nitrogens with zero attached hydrogens (tertiary/aromatic N) is 1. The molecule has 0 radical (unpaired) electrons. The molecule has 0 bridgehead atoms. The van der Waals surface area contributed by atoms with Crippen molar-refractivity contribution in [2.45, 2.75) is 31.7 Å². The minimum Gasteiger partial charge on any atom is -0.407 e. The third kappa shape index (κ3) is 2.38. The molecule has 0 saturated heterocycles. The highest BCUT2D eigenvalue weighted by Crippen LogP contribution is 2.44. The van der Waals surface area contributed by atoms with E-state index < -0.39 is 5.76 Å². The summed E-state index contributed by atoms with van der Waals surface area (Å²) < 4.78 is 6.68. The Morgan fingerprint density at radius 1 is 1.20 bits per heavy atom. The molecule has 1 aliphatic rings. The van der Waals surface area contributed by atoms with E-state index in [1.807, 2.05) is 12.1 Å². The average molecular weight is 336 g/mol.